The number of rotatable bonds is 1. The summed E-state index contributed by atoms with van der Waals surface area (Å²) in [5, 5.41) is 8.64. The fraction of sp³-hybridized carbons (Fsp3) is 0.143. The number of nitrogens with zero attached hydrogens (tertiary/aromatic N) is 3. The molecule has 0 spiro atoms. The molecule has 0 aliphatic heterocycles. The lowest BCUT2D eigenvalue weighted by molar-refractivity contribution is 0.658. The molecule has 4 aromatic rings. The van der Waals surface area contributed by atoms with Crippen LogP contribution in [0, 0.1) is 0 Å². The Morgan fingerprint density at radius 2 is 1.60 bits per heavy atom. The zero-order valence-electron chi connectivity index (χ0n) is 14.0. The highest BCUT2D eigenvalue weighted by atomic mass is 79.9. The highest BCUT2D eigenvalue weighted by molar-refractivity contribution is 9.10. The minimum atomic E-state index is -0.0408. The predicted molar refractivity (Wildman–Crippen MR) is 104 cm³/mol. The minimum Gasteiger partial charge on any atom is -0.213 e. The van der Waals surface area contributed by atoms with E-state index in [1.807, 2.05) is 22.9 Å². The van der Waals surface area contributed by atoms with Crippen molar-refractivity contribution in [2.45, 2.75) is 19.3 Å². The van der Waals surface area contributed by atoms with E-state index in [-0.39, 0.29) is 5.41 Å². The van der Waals surface area contributed by atoms with Crippen molar-refractivity contribution < 1.29 is 0 Å². The van der Waals surface area contributed by atoms with Gasteiger partial charge < -0.3 is 0 Å². The highest BCUT2D eigenvalue weighted by Gasteiger charge is 2.35. The average Bonchev–Trinajstić information content (AvgIpc) is 3.13. The van der Waals surface area contributed by atoms with E-state index >= 15 is 0 Å². The largest absolute Gasteiger partial charge is 0.213 e. The molecule has 3 aromatic carbocycles. The van der Waals surface area contributed by atoms with Crippen LogP contribution >= 0.6 is 15.9 Å². The number of benzene rings is 3. The molecular weight excluding hydrogens is 374 g/mol. The summed E-state index contributed by atoms with van der Waals surface area (Å²) in [5.74, 6) is 0. The van der Waals surface area contributed by atoms with Crippen LogP contribution in [0.5, 0.6) is 0 Å². The van der Waals surface area contributed by atoms with E-state index < -0.39 is 0 Å². The third-order valence-corrected chi connectivity index (χ3v) is 5.71. The van der Waals surface area contributed by atoms with Crippen molar-refractivity contribution in [3.63, 3.8) is 0 Å². The second kappa shape index (κ2) is 5.02. The predicted octanol–water partition coefficient (Wildman–Crippen LogP) is 5.49. The van der Waals surface area contributed by atoms with Crippen LogP contribution in [0.25, 0.3) is 27.8 Å². The number of hydrogen-bond donors (Lipinski definition) is 0. The van der Waals surface area contributed by atoms with Crippen molar-refractivity contribution in [2.24, 2.45) is 0 Å². The van der Waals surface area contributed by atoms with E-state index in [0.29, 0.717) is 0 Å². The summed E-state index contributed by atoms with van der Waals surface area (Å²) >= 11 is 3.61. The molecule has 1 heterocycles. The molecule has 0 unspecified atom stereocenters. The molecule has 1 aliphatic carbocycles. The SMILES string of the molecule is CC1(C)c2cc(Br)ccc2-c2ccc(-n3nnc4ccccc43)cc21. The molecule has 25 heavy (non-hydrogen) atoms. The molecule has 0 fully saturated rings. The van der Waals surface area contributed by atoms with Gasteiger partial charge >= 0.3 is 0 Å². The van der Waals surface area contributed by atoms with Gasteiger partial charge in [-0.25, -0.2) is 4.68 Å². The summed E-state index contributed by atoms with van der Waals surface area (Å²) < 4.78 is 3.04. The Hall–Kier alpha value is -2.46. The molecule has 0 N–H and O–H groups in total. The van der Waals surface area contributed by atoms with Crippen molar-refractivity contribution in [2.75, 3.05) is 0 Å². The van der Waals surface area contributed by atoms with Gasteiger partial charge in [0.2, 0.25) is 0 Å². The molecular formula is C21H16BrN3. The van der Waals surface area contributed by atoms with Crippen LogP contribution < -0.4 is 0 Å². The number of fused-ring (bicyclic) bond motifs is 4. The standard InChI is InChI=1S/C21H16BrN3/c1-21(2)17-11-13(22)7-9-15(17)16-10-8-14(12-18(16)21)25-20-6-4-3-5-19(20)23-24-25/h3-12H,1-2H3. The molecule has 0 saturated carbocycles. The topological polar surface area (TPSA) is 30.7 Å². The van der Waals surface area contributed by atoms with Crippen LogP contribution in [-0.4, -0.2) is 15.0 Å². The zero-order valence-corrected chi connectivity index (χ0v) is 15.6. The molecule has 0 bridgehead atoms. The van der Waals surface area contributed by atoms with Gasteiger partial charge in [-0.05, 0) is 58.7 Å². The Morgan fingerprint density at radius 3 is 2.44 bits per heavy atom. The smallest absolute Gasteiger partial charge is 0.113 e. The molecule has 0 radical (unpaired) electrons. The Balaban J connectivity index is 1.74. The first kappa shape index (κ1) is 14.8. The van der Waals surface area contributed by atoms with Crippen LogP contribution in [0.2, 0.25) is 0 Å². The summed E-state index contributed by atoms with van der Waals surface area (Å²) in [4.78, 5) is 0. The lowest BCUT2D eigenvalue weighted by Crippen LogP contribution is -2.15. The molecule has 0 amide bonds. The van der Waals surface area contributed by atoms with Gasteiger partial charge in [0.1, 0.15) is 5.52 Å². The van der Waals surface area contributed by atoms with E-state index in [2.05, 4.69) is 82.6 Å². The van der Waals surface area contributed by atoms with Crippen LogP contribution in [0.15, 0.2) is 65.1 Å². The minimum absolute atomic E-state index is 0.0408. The maximum absolute atomic E-state index is 4.36. The quantitative estimate of drug-likeness (QED) is 0.430. The molecule has 0 atom stereocenters. The van der Waals surface area contributed by atoms with Gasteiger partial charge in [-0.15, -0.1) is 5.10 Å². The average molecular weight is 390 g/mol. The van der Waals surface area contributed by atoms with Gasteiger partial charge in [0, 0.05) is 9.89 Å². The summed E-state index contributed by atoms with van der Waals surface area (Å²) in [7, 11) is 0. The van der Waals surface area contributed by atoms with Gasteiger partial charge in [0.15, 0.2) is 0 Å². The first-order valence-corrected chi connectivity index (χ1v) is 9.11. The normalized spacial score (nSPS) is 14.5. The van der Waals surface area contributed by atoms with Crippen molar-refractivity contribution >= 4 is 27.0 Å². The van der Waals surface area contributed by atoms with E-state index in [1.165, 1.54) is 22.3 Å². The van der Waals surface area contributed by atoms with Crippen LogP contribution in [-0.2, 0) is 5.41 Å². The molecule has 1 aromatic heterocycles. The van der Waals surface area contributed by atoms with Gasteiger partial charge in [0.25, 0.3) is 0 Å². The maximum Gasteiger partial charge on any atom is 0.113 e. The van der Waals surface area contributed by atoms with Crippen molar-refractivity contribution in [1.82, 2.24) is 15.0 Å². The zero-order chi connectivity index (χ0) is 17.2. The molecule has 3 nitrogen and oxygen atoms in total. The van der Waals surface area contributed by atoms with E-state index in [4.69, 9.17) is 0 Å². The third kappa shape index (κ3) is 2.04. The fourth-order valence-corrected chi connectivity index (χ4v) is 4.25. The van der Waals surface area contributed by atoms with E-state index in [0.717, 1.165) is 21.2 Å². The molecule has 122 valence electrons. The highest BCUT2D eigenvalue weighted by Crippen LogP contribution is 2.49. The Labute approximate surface area is 154 Å². The van der Waals surface area contributed by atoms with Crippen LogP contribution in [0.3, 0.4) is 0 Å². The van der Waals surface area contributed by atoms with Gasteiger partial charge in [-0.1, -0.05) is 59.3 Å². The van der Waals surface area contributed by atoms with Gasteiger partial charge in [-0.2, -0.15) is 0 Å². The second-order valence-corrected chi connectivity index (χ2v) is 7.95. The van der Waals surface area contributed by atoms with Crippen LogP contribution in [0.1, 0.15) is 25.0 Å². The van der Waals surface area contributed by atoms with Crippen molar-refractivity contribution in [1.29, 1.82) is 0 Å². The molecule has 1 aliphatic rings. The number of hydrogen-bond acceptors (Lipinski definition) is 2. The van der Waals surface area contributed by atoms with Crippen molar-refractivity contribution in [3.8, 4) is 16.8 Å². The first-order valence-electron chi connectivity index (χ1n) is 8.31. The summed E-state index contributed by atoms with van der Waals surface area (Å²) in [5.41, 5.74) is 8.26. The van der Waals surface area contributed by atoms with E-state index in [9.17, 15) is 0 Å². The maximum atomic E-state index is 4.36. The summed E-state index contributed by atoms with van der Waals surface area (Å²) in [6, 6.07) is 21.2. The molecule has 4 heteroatoms. The second-order valence-electron chi connectivity index (χ2n) is 7.03. The molecule has 5 rings (SSSR count). The first-order chi connectivity index (χ1) is 12.1. The van der Waals surface area contributed by atoms with E-state index in [1.54, 1.807) is 0 Å². The molecule has 0 saturated heterocycles. The van der Waals surface area contributed by atoms with Gasteiger partial charge in [0.05, 0.1) is 11.2 Å². The van der Waals surface area contributed by atoms with Crippen molar-refractivity contribution in [3.05, 3.63) is 76.3 Å². The Kier molecular flexibility index (Phi) is 2.98. The number of para-hydroxylation sites is 1. The lowest BCUT2D eigenvalue weighted by atomic mass is 9.82. The Morgan fingerprint density at radius 1 is 0.880 bits per heavy atom. The van der Waals surface area contributed by atoms with Crippen LogP contribution in [0.4, 0.5) is 0 Å². The monoisotopic (exact) mass is 389 g/mol. The Bertz CT molecular complexity index is 1140. The lowest BCUT2D eigenvalue weighted by Gasteiger charge is -2.22. The number of aromatic nitrogens is 3. The summed E-state index contributed by atoms with van der Waals surface area (Å²) in [6.45, 7) is 4.57. The summed E-state index contributed by atoms with van der Waals surface area (Å²) in [6.07, 6.45) is 0. The third-order valence-electron chi connectivity index (χ3n) is 5.22. The number of halogens is 1. The fourth-order valence-electron chi connectivity index (χ4n) is 3.89. The van der Waals surface area contributed by atoms with Gasteiger partial charge in [-0.3, -0.25) is 0 Å².